The number of aromatic nitrogens is 2. The SMILES string of the molecule is Cc1noc2ncc(S(=O)(=O)N[C@H]3CN(C(C)C)C[C@H]3C)cc12. The number of likely N-dealkylation sites (tertiary alicyclic amines) is 1. The summed E-state index contributed by atoms with van der Waals surface area (Å²) >= 11 is 0. The van der Waals surface area contributed by atoms with E-state index in [2.05, 4.69) is 40.5 Å². The second-order valence-corrected chi connectivity index (χ2v) is 8.26. The number of nitrogens with zero attached hydrogens (tertiary/aromatic N) is 3. The standard InChI is InChI=1S/C15H22N4O3S/c1-9(2)19-7-10(3)14(8-19)18-23(20,21)12-5-13-11(4)17-22-15(13)16-6-12/h5-6,9-10,14,18H,7-8H2,1-4H3/t10-,14+/m1/s1. The predicted molar refractivity (Wildman–Crippen MR) is 86.5 cm³/mol. The van der Waals surface area contributed by atoms with Gasteiger partial charge in [-0.2, -0.15) is 0 Å². The van der Waals surface area contributed by atoms with Gasteiger partial charge < -0.3 is 4.52 Å². The second-order valence-electron chi connectivity index (χ2n) is 6.54. The van der Waals surface area contributed by atoms with Crippen LogP contribution in [0.2, 0.25) is 0 Å². The van der Waals surface area contributed by atoms with E-state index in [1.807, 2.05) is 0 Å². The lowest BCUT2D eigenvalue weighted by molar-refractivity contribution is 0.265. The highest BCUT2D eigenvalue weighted by atomic mass is 32.2. The van der Waals surface area contributed by atoms with E-state index in [0.29, 0.717) is 22.8 Å². The first-order valence-corrected chi connectivity index (χ1v) is 9.24. The molecule has 23 heavy (non-hydrogen) atoms. The fourth-order valence-electron chi connectivity index (χ4n) is 2.92. The van der Waals surface area contributed by atoms with Crippen LogP contribution in [-0.4, -0.2) is 48.6 Å². The number of nitrogens with one attached hydrogen (secondary N) is 1. The van der Waals surface area contributed by atoms with Crippen molar-refractivity contribution in [3.63, 3.8) is 0 Å². The number of hydrogen-bond donors (Lipinski definition) is 1. The van der Waals surface area contributed by atoms with Crippen LogP contribution in [0.15, 0.2) is 21.7 Å². The number of sulfonamides is 1. The Morgan fingerprint density at radius 2 is 2.13 bits per heavy atom. The maximum atomic E-state index is 12.7. The molecule has 0 radical (unpaired) electrons. The summed E-state index contributed by atoms with van der Waals surface area (Å²) in [6.45, 7) is 9.69. The van der Waals surface area contributed by atoms with Crippen LogP contribution < -0.4 is 4.72 Å². The van der Waals surface area contributed by atoms with Crippen LogP contribution in [0.3, 0.4) is 0 Å². The molecule has 0 amide bonds. The van der Waals surface area contributed by atoms with Crippen LogP contribution in [0, 0.1) is 12.8 Å². The van der Waals surface area contributed by atoms with Gasteiger partial charge in [-0.25, -0.2) is 18.1 Å². The quantitative estimate of drug-likeness (QED) is 0.910. The van der Waals surface area contributed by atoms with Gasteiger partial charge in [0.15, 0.2) is 0 Å². The molecule has 0 bridgehead atoms. The second kappa shape index (κ2) is 5.85. The molecule has 0 saturated carbocycles. The van der Waals surface area contributed by atoms with E-state index in [-0.39, 0.29) is 16.9 Å². The predicted octanol–water partition coefficient (Wildman–Crippen LogP) is 1.54. The van der Waals surface area contributed by atoms with Gasteiger partial charge in [-0.05, 0) is 32.8 Å². The van der Waals surface area contributed by atoms with Gasteiger partial charge in [-0.3, -0.25) is 4.90 Å². The first-order valence-electron chi connectivity index (χ1n) is 7.76. The van der Waals surface area contributed by atoms with E-state index < -0.39 is 10.0 Å². The zero-order valence-electron chi connectivity index (χ0n) is 13.8. The number of pyridine rings is 1. The summed E-state index contributed by atoms with van der Waals surface area (Å²) in [5.41, 5.74) is 0.978. The molecular formula is C15H22N4O3S. The number of fused-ring (bicyclic) bond motifs is 1. The number of hydrogen-bond acceptors (Lipinski definition) is 6. The number of aryl methyl sites for hydroxylation is 1. The van der Waals surface area contributed by atoms with Gasteiger partial charge in [0.05, 0.1) is 17.3 Å². The average molecular weight is 338 g/mol. The molecule has 8 heteroatoms. The highest BCUT2D eigenvalue weighted by molar-refractivity contribution is 7.89. The zero-order chi connectivity index (χ0) is 16.8. The molecule has 1 saturated heterocycles. The third kappa shape index (κ3) is 3.11. The third-order valence-electron chi connectivity index (χ3n) is 4.47. The average Bonchev–Trinajstić information content (AvgIpc) is 3.03. The minimum absolute atomic E-state index is 0.0957. The lowest BCUT2D eigenvalue weighted by Gasteiger charge is -2.20. The number of rotatable bonds is 4. The molecule has 1 fully saturated rings. The minimum atomic E-state index is -3.62. The van der Waals surface area contributed by atoms with Crippen LogP contribution in [-0.2, 0) is 10.0 Å². The first kappa shape index (κ1) is 16.4. The molecule has 1 aliphatic heterocycles. The zero-order valence-corrected chi connectivity index (χ0v) is 14.6. The highest BCUT2D eigenvalue weighted by Gasteiger charge is 2.34. The fourth-order valence-corrected chi connectivity index (χ4v) is 4.23. The Labute approximate surface area is 136 Å². The lowest BCUT2D eigenvalue weighted by Crippen LogP contribution is -2.40. The van der Waals surface area contributed by atoms with Gasteiger partial charge in [0, 0.05) is 25.2 Å². The summed E-state index contributed by atoms with van der Waals surface area (Å²) in [7, 11) is -3.62. The molecule has 2 aromatic rings. The Bertz CT molecular complexity index is 815. The van der Waals surface area contributed by atoms with Crippen molar-refractivity contribution < 1.29 is 12.9 Å². The van der Waals surface area contributed by atoms with Crippen LogP contribution in [0.25, 0.3) is 11.1 Å². The van der Waals surface area contributed by atoms with Crippen molar-refractivity contribution in [2.24, 2.45) is 5.92 Å². The van der Waals surface area contributed by atoms with Gasteiger partial charge in [0.2, 0.25) is 10.0 Å². The van der Waals surface area contributed by atoms with E-state index in [1.165, 1.54) is 6.20 Å². The highest BCUT2D eigenvalue weighted by Crippen LogP contribution is 2.23. The Morgan fingerprint density at radius 1 is 1.39 bits per heavy atom. The minimum Gasteiger partial charge on any atom is -0.336 e. The third-order valence-corrected chi connectivity index (χ3v) is 5.93. The van der Waals surface area contributed by atoms with E-state index in [1.54, 1.807) is 13.0 Å². The Balaban J connectivity index is 1.84. The van der Waals surface area contributed by atoms with Crippen molar-refractivity contribution in [3.05, 3.63) is 18.0 Å². The van der Waals surface area contributed by atoms with Crippen molar-refractivity contribution >= 4 is 21.1 Å². The lowest BCUT2D eigenvalue weighted by atomic mass is 10.1. The van der Waals surface area contributed by atoms with E-state index in [0.717, 1.165) is 13.1 Å². The molecule has 126 valence electrons. The van der Waals surface area contributed by atoms with Gasteiger partial charge in [0.25, 0.3) is 5.71 Å². The van der Waals surface area contributed by atoms with Crippen molar-refractivity contribution in [1.29, 1.82) is 0 Å². The van der Waals surface area contributed by atoms with E-state index >= 15 is 0 Å². The Morgan fingerprint density at radius 3 is 2.78 bits per heavy atom. The van der Waals surface area contributed by atoms with Crippen molar-refractivity contribution in [1.82, 2.24) is 19.8 Å². The smallest absolute Gasteiger partial charge is 0.257 e. The fraction of sp³-hybridized carbons (Fsp3) is 0.600. The Kier molecular flexibility index (Phi) is 4.16. The molecule has 2 aromatic heterocycles. The van der Waals surface area contributed by atoms with Crippen LogP contribution in [0.5, 0.6) is 0 Å². The van der Waals surface area contributed by atoms with Gasteiger partial charge in [-0.1, -0.05) is 12.1 Å². The first-order chi connectivity index (χ1) is 10.8. The summed E-state index contributed by atoms with van der Waals surface area (Å²) in [6, 6.07) is 1.88. The van der Waals surface area contributed by atoms with Crippen LogP contribution in [0.4, 0.5) is 0 Å². The van der Waals surface area contributed by atoms with Gasteiger partial charge in [-0.15, -0.1) is 0 Å². The summed E-state index contributed by atoms with van der Waals surface area (Å²) in [5.74, 6) is 0.265. The molecule has 3 heterocycles. The van der Waals surface area contributed by atoms with E-state index in [4.69, 9.17) is 4.52 Å². The van der Waals surface area contributed by atoms with Crippen molar-refractivity contribution in [2.75, 3.05) is 13.1 Å². The summed E-state index contributed by atoms with van der Waals surface area (Å²) in [5, 5.41) is 4.43. The molecule has 1 N–H and O–H groups in total. The summed E-state index contributed by atoms with van der Waals surface area (Å²) < 4.78 is 33.2. The largest absolute Gasteiger partial charge is 0.336 e. The molecule has 3 rings (SSSR count). The summed E-state index contributed by atoms with van der Waals surface area (Å²) in [4.78, 5) is 6.47. The maximum absolute atomic E-state index is 12.7. The van der Waals surface area contributed by atoms with Crippen molar-refractivity contribution in [3.8, 4) is 0 Å². The molecule has 7 nitrogen and oxygen atoms in total. The van der Waals surface area contributed by atoms with Gasteiger partial charge >= 0.3 is 0 Å². The summed E-state index contributed by atoms with van der Waals surface area (Å²) in [6.07, 6.45) is 1.31. The van der Waals surface area contributed by atoms with E-state index in [9.17, 15) is 8.42 Å². The molecule has 0 aliphatic carbocycles. The molecular weight excluding hydrogens is 316 g/mol. The molecule has 0 unspecified atom stereocenters. The topological polar surface area (TPSA) is 88.3 Å². The molecule has 2 atom stereocenters. The van der Waals surface area contributed by atoms with Gasteiger partial charge in [0.1, 0.15) is 4.90 Å². The van der Waals surface area contributed by atoms with Crippen LogP contribution >= 0.6 is 0 Å². The normalized spacial score (nSPS) is 23.2. The molecule has 0 spiro atoms. The Hall–Kier alpha value is -1.51. The van der Waals surface area contributed by atoms with Crippen LogP contribution in [0.1, 0.15) is 26.5 Å². The van der Waals surface area contributed by atoms with Crippen molar-refractivity contribution in [2.45, 2.75) is 44.7 Å². The molecule has 1 aliphatic rings. The maximum Gasteiger partial charge on any atom is 0.257 e. The monoisotopic (exact) mass is 338 g/mol. The molecule has 0 aromatic carbocycles.